The number of anilines is 1. The first kappa shape index (κ1) is 22.8. The van der Waals surface area contributed by atoms with E-state index in [4.69, 9.17) is 21.1 Å². The average molecular weight is 441 g/mol. The molecule has 1 N–H and O–H groups in total. The number of amides is 1. The zero-order valence-corrected chi connectivity index (χ0v) is 18.2. The minimum absolute atomic E-state index is 0.167. The average Bonchev–Trinajstić information content (AvgIpc) is 2.68. The molecule has 0 aliphatic heterocycles. The van der Waals surface area contributed by atoms with Gasteiger partial charge in [-0.1, -0.05) is 23.7 Å². The monoisotopic (exact) mass is 440 g/mol. The van der Waals surface area contributed by atoms with Gasteiger partial charge in [0.25, 0.3) is 0 Å². The Morgan fingerprint density at radius 2 is 1.83 bits per heavy atom. The van der Waals surface area contributed by atoms with E-state index in [0.717, 1.165) is 11.8 Å². The fourth-order valence-corrected chi connectivity index (χ4v) is 3.92. The number of nitrogens with zero attached hydrogens (tertiary/aromatic N) is 1. The molecule has 0 aliphatic rings. The third kappa shape index (κ3) is 6.83. The molecular formula is C20H25ClN2O5S. The van der Waals surface area contributed by atoms with E-state index in [9.17, 15) is 13.2 Å². The SMILES string of the molecule is COc1ccc(CNC(=O)CCCN(c2cccc(Cl)c2)S(C)(=O)=O)cc1OC. The van der Waals surface area contributed by atoms with Crippen molar-refractivity contribution < 1.29 is 22.7 Å². The molecule has 0 fully saturated rings. The summed E-state index contributed by atoms with van der Waals surface area (Å²) in [5.41, 5.74) is 1.35. The van der Waals surface area contributed by atoms with Gasteiger partial charge in [-0.15, -0.1) is 0 Å². The Kier molecular flexibility index (Phi) is 8.16. The topological polar surface area (TPSA) is 84.9 Å². The molecule has 0 saturated carbocycles. The normalized spacial score (nSPS) is 11.0. The van der Waals surface area contributed by atoms with Crippen molar-refractivity contribution in [3.63, 3.8) is 0 Å². The molecule has 0 unspecified atom stereocenters. The van der Waals surface area contributed by atoms with E-state index in [1.807, 2.05) is 6.07 Å². The highest BCUT2D eigenvalue weighted by molar-refractivity contribution is 7.92. The number of carbonyl (C=O) groups excluding carboxylic acids is 1. The van der Waals surface area contributed by atoms with Crippen LogP contribution in [0.15, 0.2) is 42.5 Å². The molecule has 2 rings (SSSR count). The molecular weight excluding hydrogens is 416 g/mol. The summed E-state index contributed by atoms with van der Waals surface area (Å²) in [5.74, 6) is 1.04. The van der Waals surface area contributed by atoms with Gasteiger partial charge in [0.15, 0.2) is 11.5 Å². The predicted molar refractivity (Wildman–Crippen MR) is 114 cm³/mol. The highest BCUT2D eigenvalue weighted by Gasteiger charge is 2.18. The zero-order valence-electron chi connectivity index (χ0n) is 16.6. The molecule has 0 bridgehead atoms. The highest BCUT2D eigenvalue weighted by atomic mass is 35.5. The van der Waals surface area contributed by atoms with Crippen molar-refractivity contribution in [1.82, 2.24) is 5.32 Å². The largest absolute Gasteiger partial charge is 0.493 e. The van der Waals surface area contributed by atoms with Crippen LogP contribution in [-0.4, -0.2) is 41.3 Å². The number of rotatable bonds is 10. The van der Waals surface area contributed by atoms with E-state index in [0.29, 0.717) is 35.2 Å². The minimum atomic E-state index is -3.49. The van der Waals surface area contributed by atoms with Crippen molar-refractivity contribution in [3.05, 3.63) is 53.1 Å². The van der Waals surface area contributed by atoms with Gasteiger partial charge in [0, 0.05) is 24.5 Å². The third-order valence-corrected chi connectivity index (χ3v) is 5.63. The summed E-state index contributed by atoms with van der Waals surface area (Å²) >= 11 is 5.96. The maximum atomic E-state index is 12.2. The van der Waals surface area contributed by atoms with Crippen molar-refractivity contribution >= 4 is 33.2 Å². The molecule has 7 nitrogen and oxygen atoms in total. The van der Waals surface area contributed by atoms with Crippen LogP contribution in [0.3, 0.4) is 0 Å². The van der Waals surface area contributed by atoms with Crippen LogP contribution in [0.25, 0.3) is 0 Å². The van der Waals surface area contributed by atoms with Gasteiger partial charge in [0.2, 0.25) is 15.9 Å². The van der Waals surface area contributed by atoms with Gasteiger partial charge < -0.3 is 14.8 Å². The van der Waals surface area contributed by atoms with E-state index >= 15 is 0 Å². The number of sulfonamides is 1. The van der Waals surface area contributed by atoms with E-state index in [-0.39, 0.29) is 18.9 Å². The number of ether oxygens (including phenoxy) is 2. The lowest BCUT2D eigenvalue weighted by Crippen LogP contribution is -2.32. The minimum Gasteiger partial charge on any atom is -0.493 e. The first-order valence-corrected chi connectivity index (χ1v) is 11.2. The number of halogens is 1. The molecule has 2 aromatic rings. The van der Waals surface area contributed by atoms with Crippen LogP contribution >= 0.6 is 11.6 Å². The van der Waals surface area contributed by atoms with Gasteiger partial charge >= 0.3 is 0 Å². The molecule has 0 saturated heterocycles. The predicted octanol–water partition coefficient (Wildman–Crippen LogP) is 3.22. The molecule has 0 aliphatic carbocycles. The standard InChI is InChI=1S/C20H25ClN2O5S/c1-27-18-10-9-15(12-19(18)28-2)14-22-20(24)8-5-11-23(29(3,25)26)17-7-4-6-16(21)13-17/h4,6-7,9-10,12-13H,5,8,11,14H2,1-3H3,(H,22,24). The maximum Gasteiger partial charge on any atom is 0.232 e. The quantitative estimate of drug-likeness (QED) is 0.613. The van der Waals surface area contributed by atoms with Gasteiger partial charge in [0.05, 0.1) is 26.2 Å². The van der Waals surface area contributed by atoms with E-state index in [2.05, 4.69) is 5.32 Å². The summed E-state index contributed by atoms with van der Waals surface area (Å²) in [5, 5.41) is 3.27. The Morgan fingerprint density at radius 3 is 2.45 bits per heavy atom. The van der Waals surface area contributed by atoms with Gasteiger partial charge in [0.1, 0.15) is 0 Å². The molecule has 0 heterocycles. The van der Waals surface area contributed by atoms with Gasteiger partial charge in [-0.25, -0.2) is 8.42 Å². The van der Waals surface area contributed by atoms with Crippen molar-refractivity contribution in [2.45, 2.75) is 19.4 Å². The maximum absolute atomic E-state index is 12.2. The van der Waals surface area contributed by atoms with Crippen LogP contribution in [0.2, 0.25) is 5.02 Å². The number of hydrogen-bond acceptors (Lipinski definition) is 5. The van der Waals surface area contributed by atoms with Crippen LogP contribution in [0.4, 0.5) is 5.69 Å². The van der Waals surface area contributed by atoms with Crippen LogP contribution in [0, 0.1) is 0 Å². The molecule has 9 heteroatoms. The lowest BCUT2D eigenvalue weighted by atomic mass is 10.2. The second-order valence-electron chi connectivity index (χ2n) is 6.38. The Labute approximate surface area is 176 Å². The fourth-order valence-electron chi connectivity index (χ4n) is 2.78. The Bertz CT molecular complexity index is 950. The summed E-state index contributed by atoms with van der Waals surface area (Å²) in [7, 11) is -0.378. The number of methoxy groups -OCH3 is 2. The fraction of sp³-hybridized carbons (Fsp3) is 0.350. The summed E-state index contributed by atoms with van der Waals surface area (Å²) < 4.78 is 35.9. The number of benzene rings is 2. The summed E-state index contributed by atoms with van der Waals surface area (Å²) in [6, 6.07) is 12.0. The second-order valence-corrected chi connectivity index (χ2v) is 8.73. The first-order valence-electron chi connectivity index (χ1n) is 8.95. The van der Waals surface area contributed by atoms with Crippen molar-refractivity contribution in [2.24, 2.45) is 0 Å². The summed E-state index contributed by atoms with van der Waals surface area (Å²) in [6.45, 7) is 0.520. The van der Waals surface area contributed by atoms with Gasteiger partial charge in [-0.3, -0.25) is 9.10 Å². The van der Waals surface area contributed by atoms with Crippen LogP contribution in [0.1, 0.15) is 18.4 Å². The lowest BCUT2D eigenvalue weighted by Gasteiger charge is -2.22. The first-order chi connectivity index (χ1) is 13.7. The highest BCUT2D eigenvalue weighted by Crippen LogP contribution is 2.27. The van der Waals surface area contributed by atoms with E-state index in [1.54, 1.807) is 50.6 Å². The Morgan fingerprint density at radius 1 is 1.10 bits per heavy atom. The molecule has 0 atom stereocenters. The number of nitrogens with one attached hydrogen (secondary N) is 1. The van der Waals surface area contributed by atoms with Gasteiger partial charge in [-0.05, 0) is 42.3 Å². The molecule has 0 radical (unpaired) electrons. The lowest BCUT2D eigenvalue weighted by molar-refractivity contribution is -0.121. The number of carbonyl (C=O) groups is 1. The van der Waals surface area contributed by atoms with Crippen LogP contribution in [0.5, 0.6) is 11.5 Å². The zero-order chi connectivity index (χ0) is 21.4. The smallest absolute Gasteiger partial charge is 0.232 e. The molecule has 2 aromatic carbocycles. The Balaban J connectivity index is 1.89. The van der Waals surface area contributed by atoms with Crippen LogP contribution in [-0.2, 0) is 21.4 Å². The van der Waals surface area contributed by atoms with Gasteiger partial charge in [-0.2, -0.15) is 0 Å². The van der Waals surface area contributed by atoms with Crippen molar-refractivity contribution in [3.8, 4) is 11.5 Å². The summed E-state index contributed by atoms with van der Waals surface area (Å²) in [4.78, 5) is 12.2. The molecule has 158 valence electrons. The molecule has 0 spiro atoms. The molecule has 29 heavy (non-hydrogen) atoms. The summed E-state index contributed by atoms with van der Waals surface area (Å²) in [6.07, 6.45) is 1.70. The van der Waals surface area contributed by atoms with E-state index < -0.39 is 10.0 Å². The van der Waals surface area contributed by atoms with Crippen molar-refractivity contribution in [2.75, 3.05) is 31.3 Å². The number of hydrogen-bond donors (Lipinski definition) is 1. The van der Waals surface area contributed by atoms with Crippen LogP contribution < -0.4 is 19.1 Å². The Hall–Kier alpha value is -2.45. The second kappa shape index (κ2) is 10.4. The van der Waals surface area contributed by atoms with E-state index in [1.165, 1.54) is 4.31 Å². The van der Waals surface area contributed by atoms with Crippen molar-refractivity contribution in [1.29, 1.82) is 0 Å². The molecule has 1 amide bonds. The third-order valence-electron chi connectivity index (χ3n) is 4.20. The molecule has 0 aromatic heterocycles.